The molecular formula is C17H15O3S+. The molecule has 2 rings (SSSR count). The van der Waals surface area contributed by atoms with E-state index in [0.717, 1.165) is 5.56 Å². The quantitative estimate of drug-likeness (QED) is 0.538. The summed E-state index contributed by atoms with van der Waals surface area (Å²) in [4.78, 5) is 12.1. The maximum absolute atomic E-state index is 12.4. The van der Waals surface area contributed by atoms with Gasteiger partial charge in [0.1, 0.15) is 12.0 Å². The molecule has 0 spiro atoms. The first-order chi connectivity index (χ1) is 9.96. The van der Waals surface area contributed by atoms with E-state index in [2.05, 4.69) is 11.2 Å². The number of hydrogen-bond acceptors (Lipinski definition) is 3. The standard InChI is InChI=1S/C17H14O3S/c1-21(20,12-11-14-5-3-2-4-6-14)13-17(19)15-7-9-16(18)10-8-15/h2-10H,13H2,1H3/p+1. The third kappa shape index (κ3) is 4.59. The molecule has 3 nitrogen and oxygen atoms in total. The molecule has 0 heterocycles. The van der Waals surface area contributed by atoms with E-state index >= 15 is 0 Å². The Balaban J connectivity index is 2.11. The van der Waals surface area contributed by atoms with E-state index in [-0.39, 0.29) is 17.3 Å². The second-order valence-corrected chi connectivity index (χ2v) is 7.22. The van der Waals surface area contributed by atoms with Crippen molar-refractivity contribution in [2.45, 2.75) is 0 Å². The minimum Gasteiger partial charge on any atom is -0.508 e. The predicted octanol–water partition coefficient (Wildman–Crippen LogP) is 2.71. The van der Waals surface area contributed by atoms with Crippen LogP contribution >= 0.6 is 0 Å². The maximum atomic E-state index is 12.4. The molecule has 0 fully saturated rings. The molecule has 1 atom stereocenters. The zero-order chi connectivity index (χ0) is 15.3. The molecule has 0 saturated carbocycles. The number of hydrogen-bond donors (Lipinski definition) is 1. The molecule has 0 aliphatic rings. The highest BCUT2D eigenvalue weighted by atomic mass is 32.2. The highest BCUT2D eigenvalue weighted by molar-refractivity contribution is 8.07. The second kappa shape index (κ2) is 6.38. The van der Waals surface area contributed by atoms with Gasteiger partial charge in [0.2, 0.25) is 5.78 Å². The summed E-state index contributed by atoms with van der Waals surface area (Å²) in [5.41, 5.74) is 1.19. The summed E-state index contributed by atoms with van der Waals surface area (Å²) < 4.78 is 12.4. The van der Waals surface area contributed by atoms with E-state index in [0.29, 0.717) is 5.56 Å². The van der Waals surface area contributed by atoms with Crippen LogP contribution in [0.3, 0.4) is 0 Å². The zero-order valence-electron chi connectivity index (χ0n) is 11.6. The molecule has 0 aliphatic carbocycles. The lowest BCUT2D eigenvalue weighted by atomic mass is 10.1. The molecular weight excluding hydrogens is 284 g/mol. The zero-order valence-corrected chi connectivity index (χ0v) is 12.4. The first-order valence-corrected chi connectivity index (χ1v) is 8.47. The molecule has 21 heavy (non-hydrogen) atoms. The topological polar surface area (TPSA) is 54.4 Å². The average molecular weight is 299 g/mol. The van der Waals surface area contributed by atoms with Gasteiger partial charge in [0.15, 0.2) is 20.9 Å². The molecule has 0 amide bonds. The van der Waals surface area contributed by atoms with Crippen LogP contribution in [0.4, 0.5) is 0 Å². The SMILES string of the molecule is C[S+](=O)(C#Cc1ccccc1)CC(=O)c1ccc(O)cc1. The van der Waals surface area contributed by atoms with Crippen LogP contribution in [0.25, 0.3) is 0 Å². The van der Waals surface area contributed by atoms with Crippen LogP contribution in [0.15, 0.2) is 54.6 Å². The van der Waals surface area contributed by atoms with Gasteiger partial charge in [-0.15, -0.1) is 0 Å². The molecule has 0 saturated heterocycles. The predicted molar refractivity (Wildman–Crippen MR) is 84.6 cm³/mol. The Hall–Kier alpha value is -2.38. The number of rotatable bonds is 3. The third-order valence-electron chi connectivity index (χ3n) is 2.78. The van der Waals surface area contributed by atoms with Gasteiger partial charge in [-0.3, -0.25) is 4.79 Å². The van der Waals surface area contributed by atoms with Crippen molar-refractivity contribution in [3.63, 3.8) is 0 Å². The Bertz CT molecular complexity index is 737. The van der Waals surface area contributed by atoms with Crippen LogP contribution < -0.4 is 0 Å². The number of carbonyl (C=O) groups excluding carboxylic acids is 1. The molecule has 2 aromatic rings. The fourth-order valence-corrected chi connectivity index (χ4v) is 2.78. The molecule has 1 N–H and O–H groups in total. The van der Waals surface area contributed by atoms with E-state index in [1.807, 2.05) is 30.3 Å². The molecule has 4 heteroatoms. The van der Waals surface area contributed by atoms with Crippen molar-refractivity contribution in [2.24, 2.45) is 0 Å². The van der Waals surface area contributed by atoms with Crippen molar-refractivity contribution in [3.8, 4) is 16.9 Å². The van der Waals surface area contributed by atoms with Gasteiger partial charge in [-0.25, -0.2) is 0 Å². The van der Waals surface area contributed by atoms with E-state index in [4.69, 9.17) is 0 Å². The summed E-state index contributed by atoms with van der Waals surface area (Å²) in [5, 5.41) is 11.9. The van der Waals surface area contributed by atoms with Crippen LogP contribution in [-0.4, -0.2) is 22.9 Å². The van der Waals surface area contributed by atoms with Gasteiger partial charge in [-0.05, 0) is 42.3 Å². The molecule has 0 aromatic heterocycles. The summed E-state index contributed by atoms with van der Waals surface area (Å²) in [6.45, 7) is 0. The largest absolute Gasteiger partial charge is 0.508 e. The van der Waals surface area contributed by atoms with Crippen molar-refractivity contribution in [1.82, 2.24) is 0 Å². The van der Waals surface area contributed by atoms with Crippen LogP contribution in [0.2, 0.25) is 0 Å². The molecule has 0 aliphatic heterocycles. The molecule has 2 aromatic carbocycles. The van der Waals surface area contributed by atoms with Crippen molar-refractivity contribution in [1.29, 1.82) is 0 Å². The Kier molecular flexibility index (Phi) is 4.56. The number of benzene rings is 2. The third-order valence-corrected chi connectivity index (χ3v) is 4.13. The first kappa shape index (κ1) is 15.0. The number of phenols is 1. The first-order valence-electron chi connectivity index (χ1n) is 6.33. The van der Waals surface area contributed by atoms with E-state index < -0.39 is 9.93 Å². The fraction of sp³-hybridized carbons (Fsp3) is 0.118. The normalized spacial score (nSPS) is 12.8. The second-order valence-electron chi connectivity index (χ2n) is 4.71. The van der Waals surface area contributed by atoms with E-state index in [1.165, 1.54) is 30.5 Å². The Morgan fingerprint density at radius 2 is 1.71 bits per heavy atom. The van der Waals surface area contributed by atoms with Gasteiger partial charge in [0, 0.05) is 11.1 Å². The number of phenolic OH excluding ortho intramolecular Hbond substituents is 1. The molecule has 0 bridgehead atoms. The smallest absolute Gasteiger partial charge is 0.212 e. The van der Waals surface area contributed by atoms with Crippen molar-refractivity contribution >= 4 is 15.7 Å². The molecule has 106 valence electrons. The van der Waals surface area contributed by atoms with Crippen LogP contribution in [0.5, 0.6) is 5.75 Å². The lowest BCUT2D eigenvalue weighted by Gasteiger charge is -2.00. The van der Waals surface area contributed by atoms with Crippen LogP contribution in [0, 0.1) is 11.2 Å². The van der Waals surface area contributed by atoms with E-state index in [9.17, 15) is 14.1 Å². The van der Waals surface area contributed by atoms with Gasteiger partial charge >= 0.3 is 0 Å². The lowest BCUT2D eigenvalue weighted by Crippen LogP contribution is -2.19. The van der Waals surface area contributed by atoms with Crippen molar-refractivity contribution < 1.29 is 14.1 Å². The number of Topliss-reactive ketones (excluding diaryl/α,β-unsaturated/α-hetero) is 1. The highest BCUT2D eigenvalue weighted by Crippen LogP contribution is 2.12. The fourth-order valence-electron chi connectivity index (χ4n) is 1.71. The maximum Gasteiger partial charge on any atom is 0.212 e. The van der Waals surface area contributed by atoms with E-state index in [1.54, 1.807) is 0 Å². The van der Waals surface area contributed by atoms with Gasteiger partial charge in [-0.2, -0.15) is 0 Å². The lowest BCUT2D eigenvalue weighted by molar-refractivity contribution is 0.102. The van der Waals surface area contributed by atoms with Gasteiger partial charge in [0.25, 0.3) is 0 Å². The Morgan fingerprint density at radius 1 is 1.10 bits per heavy atom. The highest BCUT2D eigenvalue weighted by Gasteiger charge is 2.24. The number of aromatic hydroxyl groups is 1. The Morgan fingerprint density at radius 3 is 2.33 bits per heavy atom. The van der Waals surface area contributed by atoms with Gasteiger partial charge in [-0.1, -0.05) is 22.4 Å². The monoisotopic (exact) mass is 299 g/mol. The Labute approximate surface area is 125 Å². The molecule has 0 radical (unpaired) electrons. The summed E-state index contributed by atoms with van der Waals surface area (Å²) in [5.74, 6) is 2.55. The minimum atomic E-state index is -2.56. The summed E-state index contributed by atoms with van der Waals surface area (Å²) in [7, 11) is -2.56. The van der Waals surface area contributed by atoms with Crippen molar-refractivity contribution in [2.75, 3.05) is 12.0 Å². The van der Waals surface area contributed by atoms with Gasteiger partial charge < -0.3 is 5.11 Å². The van der Waals surface area contributed by atoms with Crippen molar-refractivity contribution in [3.05, 3.63) is 65.7 Å². The average Bonchev–Trinajstić information content (AvgIpc) is 2.46. The number of carbonyl (C=O) groups is 1. The number of ketones is 1. The molecule has 1 unspecified atom stereocenters. The van der Waals surface area contributed by atoms with Gasteiger partial charge in [0.05, 0.1) is 0 Å². The minimum absolute atomic E-state index is 0.0904. The summed E-state index contributed by atoms with van der Waals surface area (Å²) >= 11 is 0. The van der Waals surface area contributed by atoms with Crippen LogP contribution in [-0.2, 0) is 14.1 Å². The summed E-state index contributed by atoms with van der Waals surface area (Å²) in [6.07, 6.45) is 1.49. The summed E-state index contributed by atoms with van der Waals surface area (Å²) in [6, 6.07) is 15.1. The van der Waals surface area contributed by atoms with Crippen LogP contribution in [0.1, 0.15) is 15.9 Å².